The molecule has 0 aromatic carbocycles. The first-order valence-electron chi connectivity index (χ1n) is 4.21. The molecule has 3 nitrogen and oxygen atoms in total. The molecule has 0 aliphatic carbocycles. The van der Waals surface area contributed by atoms with Gasteiger partial charge in [-0.25, -0.2) is 0 Å². The number of halogens is 2. The van der Waals surface area contributed by atoms with Crippen LogP contribution in [0, 0.1) is 11.9 Å². The molecule has 0 radical (unpaired) electrons. The van der Waals surface area contributed by atoms with E-state index in [1.165, 1.54) is 18.3 Å². The average Bonchev–Trinajstić information content (AvgIpc) is 2.17. The molecule has 0 amide bonds. The number of nitrogen functional groups attached to an aromatic ring is 1. The number of aromatic nitrogens is 2. The maximum Gasteiger partial charge on any atom is 0.224 e. The quantitative estimate of drug-likeness (QED) is 0.727. The predicted octanol–water partition coefficient (Wildman–Crippen LogP) is 2.00. The first-order chi connectivity index (χ1) is 7.16. The Balaban J connectivity index is 2.54. The van der Waals surface area contributed by atoms with Crippen molar-refractivity contribution in [1.82, 2.24) is 9.97 Å². The second-order valence-electron chi connectivity index (χ2n) is 2.95. The van der Waals surface area contributed by atoms with Crippen LogP contribution in [0.2, 0.25) is 0 Å². The number of rotatable bonds is 1. The lowest BCUT2D eigenvalue weighted by Gasteiger charge is -2.02. The number of hydrogen-bond donors (Lipinski definition) is 1. The summed E-state index contributed by atoms with van der Waals surface area (Å²) in [6.45, 7) is 0. The van der Waals surface area contributed by atoms with Gasteiger partial charge >= 0.3 is 0 Å². The van der Waals surface area contributed by atoms with Gasteiger partial charge < -0.3 is 5.73 Å². The van der Waals surface area contributed by atoms with Crippen molar-refractivity contribution in [2.45, 2.75) is 0 Å². The number of anilines is 1. The highest BCUT2D eigenvalue weighted by atomic mass is 19.1. The number of pyridine rings is 2. The second-order valence-corrected chi connectivity index (χ2v) is 2.95. The summed E-state index contributed by atoms with van der Waals surface area (Å²) in [6, 6.07) is 5.43. The fourth-order valence-electron chi connectivity index (χ4n) is 1.20. The summed E-state index contributed by atoms with van der Waals surface area (Å²) >= 11 is 0. The summed E-state index contributed by atoms with van der Waals surface area (Å²) in [4.78, 5) is 6.98. The molecular formula is C10H7F2N3. The predicted molar refractivity (Wildman–Crippen MR) is 51.8 cm³/mol. The Morgan fingerprint density at radius 1 is 1.13 bits per heavy atom. The van der Waals surface area contributed by atoms with Crippen LogP contribution in [-0.4, -0.2) is 9.97 Å². The van der Waals surface area contributed by atoms with E-state index in [9.17, 15) is 8.78 Å². The molecule has 0 saturated heterocycles. The van der Waals surface area contributed by atoms with E-state index in [4.69, 9.17) is 5.73 Å². The molecule has 0 aliphatic rings. The zero-order valence-electron chi connectivity index (χ0n) is 7.61. The van der Waals surface area contributed by atoms with Gasteiger partial charge in [-0.15, -0.1) is 0 Å². The minimum Gasteiger partial charge on any atom is -0.399 e. The zero-order chi connectivity index (χ0) is 10.8. The van der Waals surface area contributed by atoms with Crippen LogP contribution < -0.4 is 5.73 Å². The summed E-state index contributed by atoms with van der Waals surface area (Å²) in [7, 11) is 0. The first kappa shape index (κ1) is 9.51. The van der Waals surface area contributed by atoms with Crippen molar-refractivity contribution in [3.05, 3.63) is 42.4 Å². The summed E-state index contributed by atoms with van der Waals surface area (Å²) in [5.74, 6) is -1.76. The van der Waals surface area contributed by atoms with Crippen LogP contribution >= 0.6 is 0 Å². The van der Waals surface area contributed by atoms with Crippen molar-refractivity contribution in [2.75, 3.05) is 5.73 Å². The van der Waals surface area contributed by atoms with Crippen LogP contribution in [0.5, 0.6) is 0 Å². The molecule has 0 spiro atoms. The first-order valence-corrected chi connectivity index (χ1v) is 4.21. The molecule has 15 heavy (non-hydrogen) atoms. The van der Waals surface area contributed by atoms with E-state index in [1.54, 1.807) is 6.07 Å². The lowest BCUT2D eigenvalue weighted by molar-refractivity contribution is 0.515. The Hall–Kier alpha value is -2.04. The van der Waals surface area contributed by atoms with Crippen molar-refractivity contribution in [3.8, 4) is 11.3 Å². The third-order valence-corrected chi connectivity index (χ3v) is 1.87. The molecule has 0 atom stereocenters. The van der Waals surface area contributed by atoms with E-state index in [1.807, 2.05) is 0 Å². The maximum absolute atomic E-state index is 13.2. The van der Waals surface area contributed by atoms with E-state index in [-0.39, 0.29) is 5.56 Å². The molecule has 2 rings (SSSR count). The zero-order valence-corrected chi connectivity index (χ0v) is 7.61. The number of hydrogen-bond acceptors (Lipinski definition) is 3. The van der Waals surface area contributed by atoms with Crippen LogP contribution in [0.15, 0.2) is 30.5 Å². The van der Waals surface area contributed by atoms with Gasteiger partial charge in [-0.05, 0) is 24.3 Å². The van der Waals surface area contributed by atoms with Gasteiger partial charge in [0.05, 0.1) is 11.3 Å². The topological polar surface area (TPSA) is 51.8 Å². The minimum absolute atomic E-state index is 0.128. The Morgan fingerprint density at radius 2 is 1.93 bits per heavy atom. The molecule has 0 fully saturated rings. The Kier molecular flexibility index (Phi) is 2.29. The molecule has 0 saturated carbocycles. The molecule has 76 valence electrons. The van der Waals surface area contributed by atoms with Gasteiger partial charge in [0.2, 0.25) is 11.9 Å². The van der Waals surface area contributed by atoms with Crippen molar-refractivity contribution in [2.24, 2.45) is 0 Å². The number of nitrogens with zero attached hydrogens (tertiary/aromatic N) is 2. The second kappa shape index (κ2) is 3.61. The van der Waals surface area contributed by atoms with Crippen molar-refractivity contribution in [3.63, 3.8) is 0 Å². The Labute approximate surface area is 84.6 Å². The van der Waals surface area contributed by atoms with Crippen molar-refractivity contribution in [1.29, 1.82) is 0 Å². The van der Waals surface area contributed by atoms with Gasteiger partial charge in [-0.1, -0.05) is 0 Å². The Bertz CT molecular complexity index is 500. The van der Waals surface area contributed by atoms with E-state index < -0.39 is 11.9 Å². The van der Waals surface area contributed by atoms with Gasteiger partial charge in [0.25, 0.3) is 0 Å². The van der Waals surface area contributed by atoms with Crippen LogP contribution in [0.3, 0.4) is 0 Å². The van der Waals surface area contributed by atoms with Gasteiger partial charge in [-0.3, -0.25) is 4.98 Å². The molecule has 0 bridgehead atoms. The highest BCUT2D eigenvalue weighted by Gasteiger charge is 2.08. The summed E-state index contributed by atoms with van der Waals surface area (Å²) in [6.07, 6.45) is 1.45. The fraction of sp³-hybridized carbons (Fsp3) is 0. The summed E-state index contributed by atoms with van der Waals surface area (Å²) < 4.78 is 25.8. The normalized spacial score (nSPS) is 10.3. The fourth-order valence-corrected chi connectivity index (χ4v) is 1.20. The molecule has 0 unspecified atom stereocenters. The van der Waals surface area contributed by atoms with E-state index >= 15 is 0 Å². The lowest BCUT2D eigenvalue weighted by atomic mass is 10.2. The SMILES string of the molecule is Nc1ccnc(-c2ccc(F)nc2F)c1. The third-order valence-electron chi connectivity index (χ3n) is 1.87. The van der Waals surface area contributed by atoms with Crippen molar-refractivity contribution < 1.29 is 8.78 Å². The van der Waals surface area contributed by atoms with Crippen LogP contribution in [0.25, 0.3) is 11.3 Å². The average molecular weight is 207 g/mol. The largest absolute Gasteiger partial charge is 0.399 e. The highest BCUT2D eigenvalue weighted by Crippen LogP contribution is 2.20. The van der Waals surface area contributed by atoms with Crippen LogP contribution in [-0.2, 0) is 0 Å². The highest BCUT2D eigenvalue weighted by molar-refractivity contribution is 5.62. The smallest absolute Gasteiger partial charge is 0.224 e. The third kappa shape index (κ3) is 1.90. The van der Waals surface area contributed by atoms with Gasteiger partial charge in [0, 0.05) is 11.9 Å². The number of nitrogens with two attached hydrogens (primary N) is 1. The molecule has 2 aromatic heterocycles. The van der Waals surface area contributed by atoms with Gasteiger partial charge in [-0.2, -0.15) is 13.8 Å². The molecule has 2 heterocycles. The molecule has 0 aliphatic heterocycles. The van der Waals surface area contributed by atoms with E-state index in [2.05, 4.69) is 9.97 Å². The van der Waals surface area contributed by atoms with Gasteiger partial charge in [0.15, 0.2) is 0 Å². The maximum atomic E-state index is 13.2. The molecule has 2 N–H and O–H groups in total. The standard InChI is InChI=1S/C10H7F2N3/c11-9-2-1-7(10(12)15-9)8-5-6(13)3-4-14-8/h1-5H,(H2,13,14). The van der Waals surface area contributed by atoms with Crippen molar-refractivity contribution >= 4 is 5.69 Å². The molecular weight excluding hydrogens is 200 g/mol. The van der Waals surface area contributed by atoms with Crippen LogP contribution in [0.4, 0.5) is 14.5 Å². The lowest BCUT2D eigenvalue weighted by Crippen LogP contribution is -1.95. The summed E-state index contributed by atoms with van der Waals surface area (Å²) in [5, 5.41) is 0. The van der Waals surface area contributed by atoms with Crippen LogP contribution in [0.1, 0.15) is 0 Å². The molecule has 5 heteroatoms. The summed E-state index contributed by atoms with van der Waals surface area (Å²) in [5.41, 5.74) is 6.44. The monoisotopic (exact) mass is 207 g/mol. The van der Waals surface area contributed by atoms with Gasteiger partial charge in [0.1, 0.15) is 0 Å². The Morgan fingerprint density at radius 3 is 2.60 bits per heavy atom. The minimum atomic E-state index is -0.895. The van der Waals surface area contributed by atoms with E-state index in [0.717, 1.165) is 6.07 Å². The van der Waals surface area contributed by atoms with E-state index in [0.29, 0.717) is 11.4 Å². The molecule has 2 aromatic rings.